The van der Waals surface area contributed by atoms with Crippen molar-refractivity contribution in [3.8, 4) is 11.6 Å². The first kappa shape index (κ1) is 13.0. The van der Waals surface area contributed by atoms with Crippen LogP contribution in [0.2, 0.25) is 15.1 Å². The second kappa shape index (κ2) is 5.44. The van der Waals surface area contributed by atoms with Gasteiger partial charge in [0.05, 0.1) is 15.1 Å². The monoisotopic (exact) mass is 351 g/mol. The number of hydrogen-bond donors (Lipinski definition) is 0. The fourth-order valence-electron chi connectivity index (χ4n) is 1.12. The van der Waals surface area contributed by atoms with Crippen LogP contribution in [0.5, 0.6) is 11.6 Å². The first-order chi connectivity index (χ1) is 8.06. The molecule has 1 heterocycles. The van der Waals surface area contributed by atoms with Crippen LogP contribution in [-0.4, -0.2) is 4.98 Å². The summed E-state index contributed by atoms with van der Waals surface area (Å²) in [5.41, 5.74) is 0. The Morgan fingerprint density at radius 3 is 2.35 bits per heavy atom. The van der Waals surface area contributed by atoms with E-state index in [1.165, 1.54) is 6.07 Å². The Morgan fingerprint density at radius 2 is 1.71 bits per heavy atom. The molecule has 2 aromatic rings. The van der Waals surface area contributed by atoms with Crippen molar-refractivity contribution < 1.29 is 4.74 Å². The molecule has 1 aromatic heterocycles. The lowest BCUT2D eigenvalue weighted by atomic mass is 10.3. The van der Waals surface area contributed by atoms with Crippen LogP contribution in [0.4, 0.5) is 0 Å². The minimum absolute atomic E-state index is 0.378. The van der Waals surface area contributed by atoms with Crippen molar-refractivity contribution in [2.24, 2.45) is 0 Å². The van der Waals surface area contributed by atoms with E-state index in [1.807, 2.05) is 6.07 Å². The van der Waals surface area contributed by atoms with Gasteiger partial charge < -0.3 is 4.74 Å². The normalized spacial score (nSPS) is 10.4. The number of halogens is 4. The topological polar surface area (TPSA) is 22.1 Å². The molecule has 0 unspecified atom stereocenters. The molecule has 0 spiro atoms. The highest BCUT2D eigenvalue weighted by Gasteiger charge is 2.08. The average Bonchev–Trinajstić information content (AvgIpc) is 2.29. The quantitative estimate of drug-likeness (QED) is 0.656. The van der Waals surface area contributed by atoms with Crippen molar-refractivity contribution in [2.75, 3.05) is 0 Å². The standard InChI is InChI=1S/C11H5BrCl3NO/c12-6-1-2-11(16-5-6)17-10-4-8(14)7(13)3-9(10)15/h1-5H. The Hall–Kier alpha value is -0.480. The minimum atomic E-state index is 0.378. The third kappa shape index (κ3) is 3.26. The van der Waals surface area contributed by atoms with Crippen molar-refractivity contribution >= 4 is 50.7 Å². The average molecular weight is 353 g/mol. The maximum Gasteiger partial charge on any atom is 0.219 e. The molecule has 2 nitrogen and oxygen atoms in total. The Labute approximate surface area is 122 Å². The molecule has 0 atom stereocenters. The van der Waals surface area contributed by atoms with Crippen LogP contribution < -0.4 is 4.74 Å². The molecule has 0 aliphatic carbocycles. The summed E-state index contributed by atoms with van der Waals surface area (Å²) in [7, 11) is 0. The molecule has 0 aliphatic heterocycles. The molecule has 88 valence electrons. The first-order valence-corrected chi connectivity index (χ1v) is 6.43. The summed E-state index contributed by atoms with van der Waals surface area (Å²) in [6, 6.07) is 6.60. The molecule has 0 fully saturated rings. The minimum Gasteiger partial charge on any atom is -0.437 e. The van der Waals surface area contributed by atoms with Gasteiger partial charge in [0.25, 0.3) is 0 Å². The molecule has 0 aliphatic rings. The summed E-state index contributed by atoms with van der Waals surface area (Å²) in [5, 5.41) is 1.14. The van der Waals surface area contributed by atoms with Gasteiger partial charge in [0.1, 0.15) is 5.75 Å². The van der Waals surface area contributed by atoms with E-state index in [-0.39, 0.29) is 0 Å². The summed E-state index contributed by atoms with van der Waals surface area (Å²) >= 11 is 21.0. The van der Waals surface area contributed by atoms with Crippen molar-refractivity contribution in [3.05, 3.63) is 50.0 Å². The van der Waals surface area contributed by atoms with Crippen molar-refractivity contribution in [2.45, 2.75) is 0 Å². The van der Waals surface area contributed by atoms with Crippen LogP contribution in [0.25, 0.3) is 0 Å². The fourth-order valence-corrected chi connectivity index (χ4v) is 1.93. The Balaban J connectivity index is 2.30. The molecule has 0 saturated carbocycles. The van der Waals surface area contributed by atoms with Gasteiger partial charge in [-0.25, -0.2) is 4.98 Å². The van der Waals surface area contributed by atoms with Gasteiger partial charge in [0.15, 0.2) is 0 Å². The number of ether oxygens (including phenoxy) is 1. The molecule has 0 saturated heterocycles. The third-order valence-electron chi connectivity index (χ3n) is 1.89. The van der Waals surface area contributed by atoms with Crippen LogP contribution in [-0.2, 0) is 0 Å². The number of hydrogen-bond acceptors (Lipinski definition) is 2. The lowest BCUT2D eigenvalue weighted by Crippen LogP contribution is -1.88. The lowest BCUT2D eigenvalue weighted by Gasteiger charge is -2.07. The predicted molar refractivity (Wildman–Crippen MR) is 73.5 cm³/mol. The van der Waals surface area contributed by atoms with Crippen molar-refractivity contribution in [3.63, 3.8) is 0 Å². The van der Waals surface area contributed by atoms with Gasteiger partial charge in [-0.05, 0) is 28.1 Å². The summed E-state index contributed by atoms with van der Waals surface area (Å²) in [5.74, 6) is 0.837. The van der Waals surface area contributed by atoms with Gasteiger partial charge in [0, 0.05) is 22.8 Å². The highest BCUT2D eigenvalue weighted by atomic mass is 79.9. The van der Waals surface area contributed by atoms with Crippen LogP contribution in [0.3, 0.4) is 0 Å². The van der Waals surface area contributed by atoms with E-state index in [0.29, 0.717) is 26.7 Å². The molecule has 0 amide bonds. The molecule has 2 rings (SSSR count). The van der Waals surface area contributed by atoms with E-state index in [4.69, 9.17) is 39.5 Å². The van der Waals surface area contributed by atoms with Gasteiger partial charge in [-0.3, -0.25) is 0 Å². The van der Waals surface area contributed by atoms with E-state index in [2.05, 4.69) is 20.9 Å². The second-order valence-corrected chi connectivity index (χ2v) is 5.25. The number of rotatable bonds is 2. The summed E-state index contributed by atoms with van der Waals surface area (Å²) < 4.78 is 6.36. The largest absolute Gasteiger partial charge is 0.437 e. The predicted octanol–water partition coefficient (Wildman–Crippen LogP) is 5.60. The van der Waals surface area contributed by atoms with Crippen LogP contribution in [0.1, 0.15) is 0 Å². The summed E-state index contributed by atoms with van der Waals surface area (Å²) in [6.45, 7) is 0. The van der Waals surface area contributed by atoms with Crippen LogP contribution >= 0.6 is 50.7 Å². The molecular formula is C11H5BrCl3NO. The van der Waals surface area contributed by atoms with Crippen molar-refractivity contribution in [1.29, 1.82) is 0 Å². The zero-order valence-electron chi connectivity index (χ0n) is 8.25. The Morgan fingerprint density at radius 1 is 1.00 bits per heavy atom. The molecule has 0 radical (unpaired) electrons. The number of benzene rings is 1. The van der Waals surface area contributed by atoms with Crippen LogP contribution in [0.15, 0.2) is 34.9 Å². The maximum absolute atomic E-state index is 5.98. The number of aromatic nitrogens is 1. The second-order valence-electron chi connectivity index (χ2n) is 3.11. The zero-order chi connectivity index (χ0) is 12.4. The summed E-state index contributed by atoms with van der Waals surface area (Å²) in [6.07, 6.45) is 1.63. The van der Waals surface area contributed by atoms with E-state index in [1.54, 1.807) is 18.3 Å². The molecule has 0 N–H and O–H groups in total. The highest BCUT2D eigenvalue weighted by Crippen LogP contribution is 2.35. The maximum atomic E-state index is 5.98. The Kier molecular flexibility index (Phi) is 4.15. The van der Waals surface area contributed by atoms with Gasteiger partial charge in [0.2, 0.25) is 5.88 Å². The van der Waals surface area contributed by atoms with Crippen molar-refractivity contribution in [1.82, 2.24) is 4.98 Å². The molecule has 17 heavy (non-hydrogen) atoms. The van der Waals surface area contributed by atoms with E-state index in [9.17, 15) is 0 Å². The lowest BCUT2D eigenvalue weighted by molar-refractivity contribution is 0.463. The Bertz CT molecular complexity index is 545. The molecule has 6 heteroatoms. The van der Waals surface area contributed by atoms with E-state index >= 15 is 0 Å². The zero-order valence-corrected chi connectivity index (χ0v) is 12.1. The fraction of sp³-hybridized carbons (Fsp3) is 0. The van der Waals surface area contributed by atoms with Crippen LogP contribution in [0, 0.1) is 0 Å². The van der Waals surface area contributed by atoms with Gasteiger partial charge in [-0.15, -0.1) is 0 Å². The molecule has 0 bridgehead atoms. The molecule has 1 aromatic carbocycles. The smallest absolute Gasteiger partial charge is 0.219 e. The third-order valence-corrected chi connectivity index (χ3v) is 3.38. The van der Waals surface area contributed by atoms with E-state index in [0.717, 1.165) is 4.47 Å². The van der Waals surface area contributed by atoms with Gasteiger partial charge in [-0.1, -0.05) is 34.8 Å². The van der Waals surface area contributed by atoms with E-state index < -0.39 is 0 Å². The van der Waals surface area contributed by atoms with Gasteiger partial charge >= 0.3 is 0 Å². The summed E-state index contributed by atoms with van der Waals surface area (Å²) in [4.78, 5) is 4.06. The first-order valence-electron chi connectivity index (χ1n) is 4.50. The van der Waals surface area contributed by atoms with Gasteiger partial charge in [-0.2, -0.15) is 0 Å². The highest BCUT2D eigenvalue weighted by molar-refractivity contribution is 9.10. The number of nitrogens with zero attached hydrogens (tertiary/aromatic N) is 1. The molecular weight excluding hydrogens is 348 g/mol. The SMILES string of the molecule is Clc1cc(Cl)c(Oc2ccc(Br)cn2)cc1Cl. The number of pyridine rings is 1.